The summed E-state index contributed by atoms with van der Waals surface area (Å²) in [6, 6.07) is 14.2. The van der Waals surface area contributed by atoms with Gasteiger partial charge in [0.2, 0.25) is 0 Å². The average molecular weight is 312 g/mol. The van der Waals surface area contributed by atoms with Gasteiger partial charge in [-0.3, -0.25) is 0 Å². The van der Waals surface area contributed by atoms with E-state index >= 15 is 0 Å². The summed E-state index contributed by atoms with van der Waals surface area (Å²) in [6.07, 6.45) is 1.78. The number of rotatable bonds is 5. The largest absolute Gasteiger partial charge is 0.387 e. The minimum absolute atomic E-state index is 0.366. The quantitative estimate of drug-likeness (QED) is 0.885. The fourth-order valence-electron chi connectivity index (χ4n) is 2.98. The van der Waals surface area contributed by atoms with E-state index in [4.69, 9.17) is 0 Å². The number of nitrogens with one attached hydrogen (secondary N) is 1. The number of hydrogen-bond donors (Lipinski definition) is 2. The lowest BCUT2D eigenvalue weighted by atomic mass is 10.0. The van der Waals surface area contributed by atoms with E-state index in [1.54, 1.807) is 0 Å². The van der Waals surface area contributed by atoms with Gasteiger partial charge in [0, 0.05) is 25.7 Å². The number of aryl methyl sites for hydroxylation is 1. The second kappa shape index (κ2) is 7.53. The van der Waals surface area contributed by atoms with Crippen molar-refractivity contribution >= 4 is 5.82 Å². The number of benzene rings is 1. The molecule has 1 aromatic heterocycles. The molecule has 0 saturated carbocycles. The lowest BCUT2D eigenvalue weighted by Gasteiger charge is -2.34. The second-order valence-corrected chi connectivity index (χ2v) is 6.15. The molecule has 2 aromatic rings. The average Bonchev–Trinajstić information content (AvgIpc) is 2.61. The van der Waals surface area contributed by atoms with Crippen molar-refractivity contribution in [1.82, 2.24) is 15.5 Å². The summed E-state index contributed by atoms with van der Waals surface area (Å²) in [7, 11) is 0. The zero-order chi connectivity index (χ0) is 16.1. The van der Waals surface area contributed by atoms with E-state index in [2.05, 4.69) is 20.4 Å². The number of aliphatic hydroxyl groups excluding tert-OH is 1. The van der Waals surface area contributed by atoms with Crippen molar-refractivity contribution in [2.24, 2.45) is 0 Å². The smallest absolute Gasteiger partial charge is 0.151 e. The predicted molar refractivity (Wildman–Crippen MR) is 91.4 cm³/mol. The van der Waals surface area contributed by atoms with Gasteiger partial charge >= 0.3 is 0 Å². The molecule has 0 spiro atoms. The Labute approximate surface area is 137 Å². The van der Waals surface area contributed by atoms with Gasteiger partial charge in [-0.05, 0) is 37.5 Å². The minimum Gasteiger partial charge on any atom is -0.387 e. The van der Waals surface area contributed by atoms with Crippen LogP contribution in [0.4, 0.5) is 5.82 Å². The van der Waals surface area contributed by atoms with Crippen molar-refractivity contribution < 1.29 is 5.11 Å². The van der Waals surface area contributed by atoms with E-state index < -0.39 is 6.10 Å². The molecule has 1 aromatic carbocycles. The van der Waals surface area contributed by atoms with Gasteiger partial charge in [-0.2, -0.15) is 5.10 Å². The summed E-state index contributed by atoms with van der Waals surface area (Å²) in [6.45, 7) is 4.43. The first-order chi connectivity index (χ1) is 11.2. The van der Waals surface area contributed by atoms with E-state index in [-0.39, 0.29) is 0 Å². The Bertz CT molecular complexity index is 602. The van der Waals surface area contributed by atoms with Crippen LogP contribution in [0.3, 0.4) is 0 Å². The molecule has 0 aliphatic carbocycles. The highest BCUT2D eigenvalue weighted by atomic mass is 16.3. The lowest BCUT2D eigenvalue weighted by molar-refractivity contribution is 0.168. The Balaban J connectivity index is 1.53. The summed E-state index contributed by atoms with van der Waals surface area (Å²) in [5, 5.41) is 22.2. The molecule has 2 heterocycles. The van der Waals surface area contributed by atoms with Crippen LogP contribution in [0.5, 0.6) is 0 Å². The number of nitrogens with zero attached hydrogens (tertiary/aromatic N) is 3. The summed E-state index contributed by atoms with van der Waals surface area (Å²) < 4.78 is 0. The van der Waals surface area contributed by atoms with Crippen molar-refractivity contribution in [3.63, 3.8) is 0 Å². The highest BCUT2D eigenvalue weighted by Crippen LogP contribution is 2.18. The Morgan fingerprint density at radius 1 is 1.22 bits per heavy atom. The van der Waals surface area contributed by atoms with Gasteiger partial charge in [0.25, 0.3) is 0 Å². The zero-order valence-corrected chi connectivity index (χ0v) is 13.5. The van der Waals surface area contributed by atoms with E-state index in [1.165, 1.54) is 0 Å². The first kappa shape index (κ1) is 15.9. The van der Waals surface area contributed by atoms with Crippen molar-refractivity contribution in [3.05, 3.63) is 53.7 Å². The Hall–Kier alpha value is -1.98. The molecule has 1 fully saturated rings. The molecule has 23 heavy (non-hydrogen) atoms. The third-order valence-electron chi connectivity index (χ3n) is 4.31. The summed E-state index contributed by atoms with van der Waals surface area (Å²) in [4.78, 5) is 2.27. The van der Waals surface area contributed by atoms with Gasteiger partial charge < -0.3 is 15.3 Å². The standard InChI is InChI=1S/C18H24N4O/c1-14-9-10-18(21-20-14)22-11-5-8-16(13-22)19-12-17(23)15-6-3-2-4-7-15/h2-4,6-7,9-10,16-17,19,23H,5,8,11-13H2,1H3/t16-,17+/m0/s1. The molecular weight excluding hydrogens is 288 g/mol. The lowest BCUT2D eigenvalue weighted by Crippen LogP contribution is -2.47. The molecular formula is C18H24N4O. The normalized spacial score (nSPS) is 19.6. The van der Waals surface area contributed by atoms with E-state index in [9.17, 15) is 5.11 Å². The minimum atomic E-state index is -0.467. The Kier molecular flexibility index (Phi) is 5.20. The maximum atomic E-state index is 10.3. The van der Waals surface area contributed by atoms with Crippen LogP contribution in [-0.2, 0) is 0 Å². The first-order valence-corrected chi connectivity index (χ1v) is 8.24. The molecule has 5 nitrogen and oxygen atoms in total. The molecule has 1 aliphatic rings. The SMILES string of the molecule is Cc1ccc(N2CCC[C@H](NC[C@@H](O)c3ccccc3)C2)nn1. The van der Waals surface area contributed by atoms with Gasteiger partial charge in [-0.25, -0.2) is 0 Å². The first-order valence-electron chi connectivity index (χ1n) is 8.24. The molecule has 2 N–H and O–H groups in total. The molecule has 2 atom stereocenters. The van der Waals surface area contributed by atoms with Gasteiger partial charge in [-0.15, -0.1) is 5.10 Å². The molecule has 1 saturated heterocycles. The maximum absolute atomic E-state index is 10.3. The Morgan fingerprint density at radius 3 is 2.78 bits per heavy atom. The van der Waals surface area contributed by atoms with Crippen molar-refractivity contribution in [2.45, 2.75) is 31.9 Å². The highest BCUT2D eigenvalue weighted by molar-refractivity contribution is 5.38. The third kappa shape index (κ3) is 4.27. The van der Waals surface area contributed by atoms with Crippen molar-refractivity contribution in [2.75, 3.05) is 24.5 Å². The van der Waals surface area contributed by atoms with Crippen LogP contribution in [0.1, 0.15) is 30.2 Å². The number of aliphatic hydroxyl groups is 1. The topological polar surface area (TPSA) is 61.3 Å². The zero-order valence-electron chi connectivity index (χ0n) is 13.5. The van der Waals surface area contributed by atoms with Crippen LogP contribution in [0.15, 0.2) is 42.5 Å². The summed E-state index contributed by atoms with van der Waals surface area (Å²) >= 11 is 0. The van der Waals surface area contributed by atoms with E-state index in [1.807, 2.05) is 49.4 Å². The number of piperidine rings is 1. The molecule has 3 rings (SSSR count). The molecule has 0 bridgehead atoms. The molecule has 0 unspecified atom stereocenters. The fraction of sp³-hybridized carbons (Fsp3) is 0.444. The predicted octanol–water partition coefficient (Wildman–Crippen LogP) is 2.08. The van der Waals surface area contributed by atoms with Crippen LogP contribution in [-0.4, -0.2) is 41.0 Å². The van der Waals surface area contributed by atoms with Gasteiger partial charge in [0.1, 0.15) is 0 Å². The number of hydrogen-bond acceptors (Lipinski definition) is 5. The molecule has 122 valence electrons. The molecule has 0 radical (unpaired) electrons. The monoisotopic (exact) mass is 312 g/mol. The number of anilines is 1. The fourth-order valence-corrected chi connectivity index (χ4v) is 2.98. The van der Waals surface area contributed by atoms with E-state index in [0.29, 0.717) is 12.6 Å². The van der Waals surface area contributed by atoms with Crippen LogP contribution in [0, 0.1) is 6.92 Å². The molecule has 5 heteroatoms. The van der Waals surface area contributed by atoms with Crippen LogP contribution >= 0.6 is 0 Å². The van der Waals surface area contributed by atoms with Crippen molar-refractivity contribution in [3.8, 4) is 0 Å². The van der Waals surface area contributed by atoms with E-state index in [0.717, 1.165) is 43.0 Å². The number of aromatic nitrogens is 2. The highest BCUT2D eigenvalue weighted by Gasteiger charge is 2.21. The van der Waals surface area contributed by atoms with Gasteiger partial charge in [0.15, 0.2) is 5.82 Å². The van der Waals surface area contributed by atoms with Crippen LogP contribution in [0.2, 0.25) is 0 Å². The van der Waals surface area contributed by atoms with Gasteiger partial charge in [-0.1, -0.05) is 30.3 Å². The van der Waals surface area contributed by atoms with Crippen LogP contribution < -0.4 is 10.2 Å². The Morgan fingerprint density at radius 2 is 2.04 bits per heavy atom. The van der Waals surface area contributed by atoms with Crippen molar-refractivity contribution in [1.29, 1.82) is 0 Å². The third-order valence-corrected chi connectivity index (χ3v) is 4.31. The molecule has 0 amide bonds. The van der Waals surface area contributed by atoms with Gasteiger partial charge in [0.05, 0.1) is 11.8 Å². The summed E-state index contributed by atoms with van der Waals surface area (Å²) in [5.74, 6) is 0.936. The maximum Gasteiger partial charge on any atom is 0.151 e. The molecule has 1 aliphatic heterocycles. The van der Waals surface area contributed by atoms with Crippen LogP contribution in [0.25, 0.3) is 0 Å². The second-order valence-electron chi connectivity index (χ2n) is 6.15. The summed E-state index contributed by atoms with van der Waals surface area (Å²) in [5.41, 5.74) is 1.89.